The zero-order chi connectivity index (χ0) is 21.1. The van der Waals surface area contributed by atoms with Crippen molar-refractivity contribution in [3.63, 3.8) is 0 Å². The summed E-state index contributed by atoms with van der Waals surface area (Å²) >= 11 is 1.84. The van der Waals surface area contributed by atoms with E-state index in [4.69, 9.17) is 0 Å². The summed E-state index contributed by atoms with van der Waals surface area (Å²) in [6, 6.07) is 12.8. The zero-order valence-corrected chi connectivity index (χ0v) is 18.6. The Labute approximate surface area is 182 Å². The fraction of sp³-hybridized carbons (Fsp3) is 0.375. The average Bonchev–Trinajstić information content (AvgIpc) is 2.75. The first-order valence-corrected chi connectivity index (χ1v) is 11.5. The van der Waals surface area contributed by atoms with E-state index >= 15 is 0 Å². The number of fused-ring (bicyclic) bond motifs is 1. The maximum absolute atomic E-state index is 12.5. The molecule has 156 valence electrons. The van der Waals surface area contributed by atoms with Gasteiger partial charge in [0, 0.05) is 48.6 Å². The van der Waals surface area contributed by atoms with Crippen LogP contribution in [-0.2, 0) is 19.5 Å². The molecule has 6 heteroatoms. The molecule has 0 fully saturated rings. The van der Waals surface area contributed by atoms with E-state index < -0.39 is 0 Å². The van der Waals surface area contributed by atoms with Gasteiger partial charge in [0.2, 0.25) is 0 Å². The molecule has 0 aliphatic carbocycles. The number of aromatic nitrogens is 3. The number of thioether (sulfide) groups is 1. The van der Waals surface area contributed by atoms with Gasteiger partial charge >= 0.3 is 0 Å². The van der Waals surface area contributed by atoms with Crippen LogP contribution in [0.2, 0.25) is 0 Å². The molecule has 1 aromatic carbocycles. The van der Waals surface area contributed by atoms with Gasteiger partial charge in [-0.05, 0) is 29.5 Å². The van der Waals surface area contributed by atoms with Crippen molar-refractivity contribution in [1.82, 2.24) is 19.9 Å². The van der Waals surface area contributed by atoms with Crippen LogP contribution < -0.4 is 5.56 Å². The first kappa shape index (κ1) is 20.8. The third-order valence-electron chi connectivity index (χ3n) is 5.40. The molecule has 1 N–H and O–H groups in total. The van der Waals surface area contributed by atoms with Gasteiger partial charge in [0.1, 0.15) is 5.82 Å². The maximum atomic E-state index is 12.5. The van der Waals surface area contributed by atoms with Gasteiger partial charge < -0.3 is 4.98 Å². The topological polar surface area (TPSA) is 61.9 Å². The predicted molar refractivity (Wildman–Crippen MR) is 123 cm³/mol. The van der Waals surface area contributed by atoms with Gasteiger partial charge in [-0.15, -0.1) is 11.8 Å². The molecule has 0 unspecified atom stereocenters. The molecule has 3 aromatic rings. The summed E-state index contributed by atoms with van der Waals surface area (Å²) < 4.78 is 0. The van der Waals surface area contributed by atoms with Crippen LogP contribution in [0.15, 0.2) is 52.3 Å². The van der Waals surface area contributed by atoms with E-state index in [9.17, 15) is 4.79 Å². The number of hydrogen-bond acceptors (Lipinski definition) is 5. The third kappa shape index (κ3) is 4.65. The first-order chi connectivity index (χ1) is 14.5. The van der Waals surface area contributed by atoms with Crippen molar-refractivity contribution >= 4 is 11.8 Å². The van der Waals surface area contributed by atoms with Crippen molar-refractivity contribution < 1.29 is 0 Å². The van der Waals surface area contributed by atoms with Crippen molar-refractivity contribution in [2.45, 2.75) is 51.1 Å². The summed E-state index contributed by atoms with van der Waals surface area (Å²) in [6.07, 6.45) is 2.76. The predicted octanol–water partition coefficient (Wildman–Crippen LogP) is 4.63. The van der Waals surface area contributed by atoms with Crippen molar-refractivity contribution in [1.29, 1.82) is 0 Å². The average molecular weight is 421 g/mol. The third-order valence-corrected chi connectivity index (χ3v) is 6.30. The fourth-order valence-corrected chi connectivity index (χ4v) is 4.41. The highest BCUT2D eigenvalue weighted by atomic mass is 32.2. The number of nitrogens with zero attached hydrogens (tertiary/aromatic N) is 3. The Bertz CT molecular complexity index is 1060. The van der Waals surface area contributed by atoms with Gasteiger partial charge in [0.15, 0.2) is 0 Å². The minimum absolute atomic E-state index is 0.00607. The van der Waals surface area contributed by atoms with E-state index in [0.29, 0.717) is 6.54 Å². The summed E-state index contributed by atoms with van der Waals surface area (Å²) in [7, 11) is 0. The van der Waals surface area contributed by atoms with Crippen LogP contribution >= 0.6 is 11.8 Å². The van der Waals surface area contributed by atoms with E-state index in [1.165, 1.54) is 4.90 Å². The molecule has 2 aromatic heterocycles. The first-order valence-electron chi connectivity index (χ1n) is 10.6. The van der Waals surface area contributed by atoms with Crippen molar-refractivity contribution in [2.75, 3.05) is 12.3 Å². The number of nitrogens with one attached hydrogen (secondary N) is 1. The van der Waals surface area contributed by atoms with Crippen LogP contribution in [0.5, 0.6) is 0 Å². The Morgan fingerprint density at radius 2 is 1.97 bits per heavy atom. The van der Waals surface area contributed by atoms with Crippen molar-refractivity contribution in [3.8, 4) is 11.3 Å². The maximum Gasteiger partial charge on any atom is 0.255 e. The normalized spacial score (nSPS) is 14.1. The SMILES string of the molecule is CCSc1ccc(-c2ccc(CN3CCc4nc(C(C)C)[nH]c(=O)c4C3)cn2)cc1. The van der Waals surface area contributed by atoms with Crippen molar-refractivity contribution in [2.24, 2.45) is 0 Å². The minimum atomic E-state index is 0.00607. The molecule has 30 heavy (non-hydrogen) atoms. The Kier molecular flexibility index (Phi) is 6.35. The fourth-order valence-electron chi connectivity index (χ4n) is 3.74. The van der Waals surface area contributed by atoms with Gasteiger partial charge in [-0.3, -0.25) is 14.7 Å². The number of rotatable bonds is 6. The number of H-pyrrole nitrogens is 1. The van der Waals surface area contributed by atoms with Gasteiger partial charge in [-0.25, -0.2) is 4.98 Å². The molecule has 5 nitrogen and oxygen atoms in total. The second kappa shape index (κ2) is 9.14. The molecule has 1 aliphatic heterocycles. The van der Waals surface area contributed by atoms with Crippen LogP contribution in [0.3, 0.4) is 0 Å². The molecule has 0 bridgehead atoms. The molecule has 0 saturated carbocycles. The quantitative estimate of drug-likeness (QED) is 0.589. The highest BCUT2D eigenvalue weighted by molar-refractivity contribution is 7.99. The molecule has 0 radical (unpaired) electrons. The summed E-state index contributed by atoms with van der Waals surface area (Å²) in [5, 5.41) is 0. The second-order valence-corrected chi connectivity index (χ2v) is 9.34. The van der Waals surface area contributed by atoms with E-state index in [1.54, 1.807) is 0 Å². The molecule has 3 heterocycles. The highest BCUT2D eigenvalue weighted by Crippen LogP contribution is 2.24. The number of hydrogen-bond donors (Lipinski definition) is 1. The monoisotopic (exact) mass is 420 g/mol. The number of benzene rings is 1. The van der Waals surface area contributed by atoms with Gasteiger partial charge in [0.05, 0.1) is 17.0 Å². The van der Waals surface area contributed by atoms with Crippen LogP contribution in [-0.4, -0.2) is 32.1 Å². The van der Waals surface area contributed by atoms with E-state index in [0.717, 1.165) is 59.2 Å². The number of pyridine rings is 1. The molecule has 0 atom stereocenters. The lowest BCUT2D eigenvalue weighted by molar-refractivity contribution is 0.241. The Hall–Kier alpha value is -2.44. The summed E-state index contributed by atoms with van der Waals surface area (Å²) in [5.74, 6) is 2.09. The Balaban J connectivity index is 1.44. The van der Waals surface area contributed by atoms with Crippen LogP contribution in [0.25, 0.3) is 11.3 Å². The van der Waals surface area contributed by atoms with E-state index in [-0.39, 0.29) is 11.5 Å². The van der Waals surface area contributed by atoms with Gasteiger partial charge in [0.25, 0.3) is 5.56 Å². The highest BCUT2D eigenvalue weighted by Gasteiger charge is 2.22. The van der Waals surface area contributed by atoms with Gasteiger partial charge in [-0.2, -0.15) is 0 Å². The Morgan fingerprint density at radius 3 is 2.63 bits per heavy atom. The lowest BCUT2D eigenvalue weighted by Crippen LogP contribution is -2.36. The lowest BCUT2D eigenvalue weighted by atomic mass is 10.0. The lowest BCUT2D eigenvalue weighted by Gasteiger charge is -2.28. The molecule has 1 aliphatic rings. The summed E-state index contributed by atoms with van der Waals surface area (Å²) in [4.78, 5) is 28.4. The van der Waals surface area contributed by atoms with Crippen LogP contribution in [0, 0.1) is 0 Å². The zero-order valence-electron chi connectivity index (χ0n) is 17.8. The standard InChI is InChI=1S/C24H28N4OS/c1-4-30-19-8-6-18(7-9-19)21-10-5-17(13-25-21)14-28-12-11-22-20(15-28)24(29)27-23(26-22)16(2)3/h5-10,13,16H,4,11-12,14-15H2,1-3H3,(H,26,27,29). The largest absolute Gasteiger partial charge is 0.310 e. The molecule has 0 amide bonds. The molecular formula is C24H28N4OS. The van der Waals surface area contributed by atoms with E-state index in [1.807, 2.05) is 18.0 Å². The van der Waals surface area contributed by atoms with E-state index in [2.05, 4.69) is 77.0 Å². The summed E-state index contributed by atoms with van der Waals surface area (Å²) in [5.41, 5.74) is 5.04. The number of aromatic amines is 1. The van der Waals surface area contributed by atoms with Crippen molar-refractivity contribution in [3.05, 3.63) is 75.6 Å². The molecule has 4 rings (SSSR count). The second-order valence-electron chi connectivity index (χ2n) is 8.00. The molecule has 0 saturated heterocycles. The van der Waals surface area contributed by atoms with Crippen LogP contribution in [0.4, 0.5) is 0 Å². The Morgan fingerprint density at radius 1 is 1.17 bits per heavy atom. The summed E-state index contributed by atoms with van der Waals surface area (Å²) in [6.45, 7) is 8.58. The smallest absolute Gasteiger partial charge is 0.255 e. The van der Waals surface area contributed by atoms with Gasteiger partial charge in [-0.1, -0.05) is 39.0 Å². The minimum Gasteiger partial charge on any atom is -0.310 e. The molecule has 0 spiro atoms. The van der Waals surface area contributed by atoms with Crippen LogP contribution in [0.1, 0.15) is 49.3 Å². The molecular weight excluding hydrogens is 392 g/mol.